The molecule has 0 radical (unpaired) electrons. The first kappa shape index (κ1) is 18.0. The number of furan rings is 1. The van der Waals surface area contributed by atoms with Gasteiger partial charge in [-0.05, 0) is 67.3 Å². The maximum atomic E-state index is 6.13. The van der Waals surface area contributed by atoms with E-state index in [2.05, 4.69) is 34.7 Å². The third-order valence-electron chi connectivity index (χ3n) is 4.03. The molecular weight excluding hydrogens is 372 g/mol. The summed E-state index contributed by atoms with van der Waals surface area (Å²) in [4.78, 5) is 3.37. The first-order chi connectivity index (χ1) is 12.0. The highest BCUT2D eigenvalue weighted by molar-refractivity contribution is 7.80. The highest BCUT2D eigenvalue weighted by Crippen LogP contribution is 2.28. The fourth-order valence-electron chi connectivity index (χ4n) is 2.55. The first-order valence-corrected chi connectivity index (χ1v) is 9.60. The molecule has 0 aliphatic heterocycles. The molecule has 0 amide bonds. The number of thiocarbonyl (C=S) groups is 1. The minimum absolute atomic E-state index is 0.129. The summed E-state index contributed by atoms with van der Waals surface area (Å²) in [5, 5.41) is 6.74. The van der Waals surface area contributed by atoms with E-state index in [-0.39, 0.29) is 6.04 Å². The minimum atomic E-state index is 0.129. The van der Waals surface area contributed by atoms with Crippen molar-refractivity contribution in [3.63, 3.8) is 0 Å². The van der Waals surface area contributed by atoms with Gasteiger partial charge in [0.25, 0.3) is 0 Å². The Morgan fingerprint density at radius 2 is 2.16 bits per heavy atom. The number of nitrogens with one attached hydrogen (secondary N) is 1. The first-order valence-electron chi connectivity index (χ1n) is 7.94. The van der Waals surface area contributed by atoms with Crippen LogP contribution in [-0.2, 0) is 6.54 Å². The smallest absolute Gasteiger partial charge is 0.174 e. The number of benzene rings is 1. The Kier molecular flexibility index (Phi) is 5.78. The third kappa shape index (κ3) is 4.42. The molecule has 2 heterocycles. The summed E-state index contributed by atoms with van der Waals surface area (Å²) in [7, 11) is 0. The summed E-state index contributed by atoms with van der Waals surface area (Å²) in [6.45, 7) is 4.77. The van der Waals surface area contributed by atoms with Crippen LogP contribution in [0.15, 0.2) is 58.5 Å². The lowest BCUT2D eigenvalue weighted by atomic mass is 10.2. The van der Waals surface area contributed by atoms with Gasteiger partial charge in [-0.1, -0.05) is 23.7 Å². The summed E-state index contributed by atoms with van der Waals surface area (Å²) >= 11 is 13.6. The van der Waals surface area contributed by atoms with Gasteiger partial charge in [-0.2, -0.15) is 0 Å². The predicted molar refractivity (Wildman–Crippen MR) is 109 cm³/mol. The molecule has 1 N–H and O–H groups in total. The monoisotopic (exact) mass is 390 g/mol. The van der Waals surface area contributed by atoms with Crippen molar-refractivity contribution in [2.24, 2.45) is 0 Å². The van der Waals surface area contributed by atoms with Crippen molar-refractivity contribution >= 4 is 46.0 Å². The van der Waals surface area contributed by atoms with Crippen LogP contribution in [0, 0.1) is 6.92 Å². The number of rotatable bonds is 5. The molecule has 25 heavy (non-hydrogen) atoms. The second-order valence-corrected chi connectivity index (χ2v) is 7.59. The molecule has 0 saturated carbocycles. The van der Waals surface area contributed by atoms with Gasteiger partial charge in [0.1, 0.15) is 5.76 Å². The molecule has 0 aliphatic carbocycles. The van der Waals surface area contributed by atoms with Crippen LogP contribution in [0.25, 0.3) is 0 Å². The normalized spacial score (nSPS) is 12.0. The lowest BCUT2D eigenvalue weighted by Crippen LogP contribution is -2.36. The van der Waals surface area contributed by atoms with E-state index in [1.165, 1.54) is 4.88 Å². The maximum absolute atomic E-state index is 6.13. The fraction of sp³-hybridized carbons (Fsp3) is 0.211. The van der Waals surface area contributed by atoms with E-state index in [0.717, 1.165) is 17.0 Å². The molecule has 6 heteroatoms. The Hall–Kier alpha value is -1.82. The Morgan fingerprint density at radius 3 is 2.84 bits per heavy atom. The van der Waals surface area contributed by atoms with Gasteiger partial charge < -0.3 is 14.6 Å². The Morgan fingerprint density at radius 1 is 1.32 bits per heavy atom. The topological polar surface area (TPSA) is 28.4 Å². The van der Waals surface area contributed by atoms with Crippen molar-refractivity contribution in [1.29, 1.82) is 0 Å². The summed E-state index contributed by atoms with van der Waals surface area (Å²) in [5.74, 6) is 0.871. The Bertz CT molecular complexity index is 831. The Balaban J connectivity index is 1.84. The van der Waals surface area contributed by atoms with Gasteiger partial charge in [0, 0.05) is 15.6 Å². The van der Waals surface area contributed by atoms with Gasteiger partial charge in [-0.15, -0.1) is 11.3 Å². The molecule has 0 fully saturated rings. The zero-order valence-corrected chi connectivity index (χ0v) is 16.4. The lowest BCUT2D eigenvalue weighted by molar-refractivity contribution is 0.306. The molecule has 3 aromatic rings. The molecule has 3 nitrogen and oxygen atoms in total. The summed E-state index contributed by atoms with van der Waals surface area (Å²) in [6.07, 6.45) is 1.68. The van der Waals surface area contributed by atoms with E-state index in [1.54, 1.807) is 17.6 Å². The number of hydrogen-bond donors (Lipinski definition) is 1. The van der Waals surface area contributed by atoms with Crippen molar-refractivity contribution in [2.45, 2.75) is 26.4 Å². The molecule has 1 atom stereocenters. The number of thiophene rings is 1. The van der Waals surface area contributed by atoms with Gasteiger partial charge in [0.15, 0.2) is 5.11 Å². The molecule has 0 spiro atoms. The number of nitrogens with zero attached hydrogens (tertiary/aromatic N) is 1. The summed E-state index contributed by atoms with van der Waals surface area (Å²) in [6, 6.07) is 13.9. The molecule has 0 unspecified atom stereocenters. The van der Waals surface area contributed by atoms with Gasteiger partial charge in [-0.25, -0.2) is 0 Å². The minimum Gasteiger partial charge on any atom is -0.467 e. The van der Waals surface area contributed by atoms with E-state index in [0.29, 0.717) is 16.7 Å². The zero-order valence-electron chi connectivity index (χ0n) is 14.0. The molecule has 2 aromatic heterocycles. The van der Waals surface area contributed by atoms with Crippen molar-refractivity contribution in [3.8, 4) is 0 Å². The van der Waals surface area contributed by atoms with E-state index in [1.807, 2.05) is 37.3 Å². The van der Waals surface area contributed by atoms with Gasteiger partial charge in [0.2, 0.25) is 0 Å². The van der Waals surface area contributed by atoms with Crippen molar-refractivity contribution in [1.82, 2.24) is 4.90 Å². The van der Waals surface area contributed by atoms with Crippen molar-refractivity contribution < 1.29 is 4.42 Å². The second kappa shape index (κ2) is 8.04. The molecule has 3 rings (SSSR count). The zero-order chi connectivity index (χ0) is 17.8. The van der Waals surface area contributed by atoms with Crippen molar-refractivity contribution in [3.05, 3.63) is 75.3 Å². The second-order valence-electron chi connectivity index (χ2n) is 5.79. The number of aryl methyl sites for hydroxylation is 1. The van der Waals surface area contributed by atoms with Crippen LogP contribution in [0.3, 0.4) is 0 Å². The van der Waals surface area contributed by atoms with E-state index >= 15 is 0 Å². The molecular formula is C19H19ClN2OS2. The number of hydrogen-bond acceptors (Lipinski definition) is 3. The third-order valence-corrected chi connectivity index (χ3v) is 5.65. The van der Waals surface area contributed by atoms with E-state index in [4.69, 9.17) is 28.2 Å². The van der Waals surface area contributed by atoms with Crippen LogP contribution in [0.4, 0.5) is 5.69 Å². The molecule has 0 bridgehead atoms. The van der Waals surface area contributed by atoms with Crippen LogP contribution >= 0.6 is 35.2 Å². The highest BCUT2D eigenvalue weighted by atomic mass is 35.5. The summed E-state index contributed by atoms with van der Waals surface area (Å²) in [5.41, 5.74) is 2.01. The largest absolute Gasteiger partial charge is 0.467 e. The molecule has 130 valence electrons. The van der Waals surface area contributed by atoms with Crippen LogP contribution in [0.1, 0.15) is 29.2 Å². The van der Waals surface area contributed by atoms with E-state index < -0.39 is 0 Å². The lowest BCUT2D eigenvalue weighted by Gasteiger charge is -2.31. The molecule has 1 aromatic carbocycles. The average Bonchev–Trinajstić information content (AvgIpc) is 3.28. The quantitative estimate of drug-likeness (QED) is 0.520. The fourth-order valence-corrected chi connectivity index (χ4v) is 3.85. The number of anilines is 1. The highest BCUT2D eigenvalue weighted by Gasteiger charge is 2.21. The predicted octanol–water partition coefficient (Wildman–Crippen LogP) is 6.26. The van der Waals surface area contributed by atoms with Gasteiger partial charge in [-0.3, -0.25) is 0 Å². The van der Waals surface area contributed by atoms with Gasteiger partial charge >= 0.3 is 0 Å². The van der Waals surface area contributed by atoms with Crippen LogP contribution < -0.4 is 5.32 Å². The standard InChI is InChI=1S/C19H19ClN2OS2/c1-13-7-8-15(20)11-17(13)21-19(24)22(12-16-5-3-9-23-16)14(2)18-6-4-10-25-18/h3-11,14H,12H2,1-2H3,(H,21,24)/t14-/m1/s1. The Labute approximate surface area is 162 Å². The summed E-state index contributed by atoms with van der Waals surface area (Å²) < 4.78 is 5.53. The average molecular weight is 391 g/mol. The van der Waals surface area contributed by atoms with E-state index in [9.17, 15) is 0 Å². The maximum Gasteiger partial charge on any atom is 0.174 e. The molecule has 0 aliphatic rings. The van der Waals surface area contributed by atoms with Crippen LogP contribution in [-0.4, -0.2) is 10.0 Å². The van der Waals surface area contributed by atoms with Crippen LogP contribution in [0.5, 0.6) is 0 Å². The number of halogens is 1. The van der Waals surface area contributed by atoms with Crippen LogP contribution in [0.2, 0.25) is 5.02 Å². The van der Waals surface area contributed by atoms with Crippen molar-refractivity contribution in [2.75, 3.05) is 5.32 Å². The molecule has 0 saturated heterocycles. The van der Waals surface area contributed by atoms with Gasteiger partial charge in [0.05, 0.1) is 18.8 Å². The SMILES string of the molecule is Cc1ccc(Cl)cc1NC(=S)N(Cc1ccco1)[C@H](C)c1cccs1.